The number of hydrazone groups is 1. The molecule has 1 amide bonds. The molecule has 0 bridgehead atoms. The number of carboxylic acid groups (broad SMARTS) is 1. The van der Waals surface area contributed by atoms with E-state index in [1.807, 2.05) is 0 Å². The maximum Gasteiger partial charge on any atom is 0.339 e. The quantitative estimate of drug-likeness (QED) is 0.578. The van der Waals surface area contributed by atoms with E-state index >= 15 is 0 Å². The van der Waals surface area contributed by atoms with Crippen molar-refractivity contribution in [1.29, 1.82) is 0 Å². The number of nitrogens with one attached hydrogen (secondary N) is 1. The van der Waals surface area contributed by atoms with Gasteiger partial charge in [0.15, 0.2) is 0 Å². The number of aromatic nitrogens is 1. The maximum atomic E-state index is 11.7. The van der Waals surface area contributed by atoms with E-state index in [4.69, 9.17) is 5.11 Å². The second-order valence-electron chi connectivity index (χ2n) is 3.98. The second-order valence-corrected chi connectivity index (χ2v) is 3.98. The predicted octanol–water partition coefficient (Wildman–Crippen LogP) is 1.25. The number of phenols is 1. The third kappa shape index (κ3) is 3.41. The number of aromatic carboxylic acids is 1. The molecule has 0 spiro atoms. The topological polar surface area (TPSA) is 112 Å². The van der Waals surface area contributed by atoms with Crippen LogP contribution < -0.4 is 5.43 Å². The Bertz CT molecular complexity index is 699. The van der Waals surface area contributed by atoms with Crippen LogP contribution in [0.1, 0.15) is 26.3 Å². The molecule has 2 aromatic rings. The average molecular weight is 285 g/mol. The zero-order valence-corrected chi connectivity index (χ0v) is 10.7. The molecule has 0 saturated carbocycles. The van der Waals surface area contributed by atoms with E-state index in [1.165, 1.54) is 48.9 Å². The number of aromatic hydroxyl groups is 1. The first-order chi connectivity index (χ1) is 10.1. The minimum atomic E-state index is -1.25. The highest BCUT2D eigenvalue weighted by molar-refractivity contribution is 5.97. The summed E-state index contributed by atoms with van der Waals surface area (Å²) in [5.41, 5.74) is 2.60. The van der Waals surface area contributed by atoms with Crippen LogP contribution in [0, 0.1) is 0 Å². The summed E-state index contributed by atoms with van der Waals surface area (Å²) in [6.07, 6.45) is 4.11. The fourth-order valence-electron chi connectivity index (χ4n) is 1.57. The zero-order valence-electron chi connectivity index (χ0n) is 10.7. The van der Waals surface area contributed by atoms with Gasteiger partial charge >= 0.3 is 5.97 Å². The number of carbonyl (C=O) groups excluding carboxylic acids is 1. The first-order valence-corrected chi connectivity index (χ1v) is 5.88. The van der Waals surface area contributed by atoms with Crippen molar-refractivity contribution in [2.45, 2.75) is 0 Å². The van der Waals surface area contributed by atoms with E-state index < -0.39 is 17.6 Å². The Hall–Kier alpha value is -3.22. The molecule has 3 N–H and O–H groups in total. The Morgan fingerprint density at radius 1 is 1.19 bits per heavy atom. The van der Waals surface area contributed by atoms with Crippen LogP contribution in [-0.2, 0) is 0 Å². The lowest BCUT2D eigenvalue weighted by Gasteiger charge is -2.03. The van der Waals surface area contributed by atoms with Gasteiger partial charge in [-0.15, -0.1) is 0 Å². The number of nitrogens with zero attached hydrogens (tertiary/aromatic N) is 2. The Kier molecular flexibility index (Phi) is 4.25. The van der Waals surface area contributed by atoms with Crippen molar-refractivity contribution < 1.29 is 19.8 Å². The average Bonchev–Trinajstić information content (AvgIpc) is 2.49. The van der Waals surface area contributed by atoms with Gasteiger partial charge in [0.1, 0.15) is 11.3 Å². The van der Waals surface area contributed by atoms with Gasteiger partial charge in [0.25, 0.3) is 5.91 Å². The molecular weight excluding hydrogens is 274 g/mol. The molecule has 1 heterocycles. The molecule has 0 radical (unpaired) electrons. The largest absolute Gasteiger partial charge is 0.506 e. The van der Waals surface area contributed by atoms with Crippen LogP contribution in [0.2, 0.25) is 0 Å². The number of para-hydroxylation sites is 1. The van der Waals surface area contributed by atoms with Gasteiger partial charge in [-0.2, -0.15) is 5.10 Å². The summed E-state index contributed by atoms with van der Waals surface area (Å²) in [5, 5.41) is 22.3. The molecule has 0 atom stereocenters. The summed E-state index contributed by atoms with van der Waals surface area (Å²) in [5.74, 6) is -2.10. The highest BCUT2D eigenvalue weighted by Crippen LogP contribution is 2.20. The van der Waals surface area contributed by atoms with Crippen LogP contribution in [0.5, 0.6) is 5.75 Å². The van der Waals surface area contributed by atoms with Crippen molar-refractivity contribution in [3.8, 4) is 5.75 Å². The number of hydrogen-bond donors (Lipinski definition) is 3. The molecule has 1 aromatic heterocycles. The van der Waals surface area contributed by atoms with Gasteiger partial charge in [0.2, 0.25) is 0 Å². The Labute approximate surface area is 119 Å². The first-order valence-electron chi connectivity index (χ1n) is 5.88. The van der Waals surface area contributed by atoms with E-state index in [2.05, 4.69) is 15.5 Å². The van der Waals surface area contributed by atoms with Crippen LogP contribution in [0.4, 0.5) is 0 Å². The van der Waals surface area contributed by atoms with Gasteiger partial charge in [-0.1, -0.05) is 6.07 Å². The van der Waals surface area contributed by atoms with Gasteiger partial charge in [0, 0.05) is 23.5 Å². The summed E-state index contributed by atoms with van der Waals surface area (Å²) in [4.78, 5) is 26.3. The molecule has 0 unspecified atom stereocenters. The van der Waals surface area contributed by atoms with Crippen LogP contribution in [-0.4, -0.2) is 33.3 Å². The molecule has 106 valence electrons. The lowest BCUT2D eigenvalue weighted by atomic mass is 10.1. The Morgan fingerprint density at radius 2 is 1.90 bits per heavy atom. The van der Waals surface area contributed by atoms with Gasteiger partial charge < -0.3 is 10.2 Å². The van der Waals surface area contributed by atoms with Crippen molar-refractivity contribution in [2.75, 3.05) is 0 Å². The smallest absolute Gasteiger partial charge is 0.339 e. The van der Waals surface area contributed by atoms with Crippen molar-refractivity contribution in [3.63, 3.8) is 0 Å². The number of hydrogen-bond acceptors (Lipinski definition) is 5. The van der Waals surface area contributed by atoms with Crippen LogP contribution >= 0.6 is 0 Å². The fraction of sp³-hybridized carbons (Fsp3) is 0. The number of amides is 1. The van der Waals surface area contributed by atoms with Crippen molar-refractivity contribution in [2.24, 2.45) is 5.10 Å². The van der Waals surface area contributed by atoms with E-state index in [9.17, 15) is 14.7 Å². The zero-order chi connectivity index (χ0) is 15.2. The molecule has 1 aromatic carbocycles. The summed E-state index contributed by atoms with van der Waals surface area (Å²) in [6.45, 7) is 0. The molecule has 7 heteroatoms. The number of rotatable bonds is 4. The number of carbonyl (C=O) groups is 2. The maximum absolute atomic E-state index is 11.7. The Balaban J connectivity index is 2.10. The third-order valence-electron chi connectivity index (χ3n) is 2.61. The van der Waals surface area contributed by atoms with Crippen molar-refractivity contribution in [3.05, 3.63) is 59.4 Å². The van der Waals surface area contributed by atoms with E-state index in [0.717, 1.165) is 0 Å². The number of carboxylic acids is 1. The summed E-state index contributed by atoms with van der Waals surface area (Å²) in [6, 6.07) is 7.25. The summed E-state index contributed by atoms with van der Waals surface area (Å²) in [7, 11) is 0. The highest BCUT2D eigenvalue weighted by atomic mass is 16.4. The normalized spacial score (nSPS) is 10.5. The molecule has 0 fully saturated rings. The van der Waals surface area contributed by atoms with E-state index in [0.29, 0.717) is 5.56 Å². The highest BCUT2D eigenvalue weighted by Gasteiger charge is 2.11. The minimum Gasteiger partial charge on any atom is -0.506 e. The monoisotopic (exact) mass is 285 g/mol. The van der Waals surface area contributed by atoms with E-state index in [-0.39, 0.29) is 11.1 Å². The molecule has 7 nitrogen and oxygen atoms in total. The molecule has 0 aliphatic heterocycles. The Morgan fingerprint density at radius 3 is 2.57 bits per heavy atom. The lowest BCUT2D eigenvalue weighted by molar-refractivity contribution is 0.0693. The molecule has 21 heavy (non-hydrogen) atoms. The van der Waals surface area contributed by atoms with Gasteiger partial charge in [-0.3, -0.25) is 9.78 Å². The second kappa shape index (κ2) is 6.29. The summed E-state index contributed by atoms with van der Waals surface area (Å²) >= 11 is 0. The standard InChI is InChI=1S/C14H11N3O4/c18-12-10(2-1-3-11(12)14(20)21)8-16-17-13(19)9-4-6-15-7-5-9/h1-8,18H,(H,17,19)(H,20,21). The van der Waals surface area contributed by atoms with Crippen molar-refractivity contribution >= 4 is 18.1 Å². The van der Waals surface area contributed by atoms with Crippen LogP contribution in [0.3, 0.4) is 0 Å². The predicted molar refractivity (Wildman–Crippen MR) is 74.4 cm³/mol. The van der Waals surface area contributed by atoms with Crippen LogP contribution in [0.25, 0.3) is 0 Å². The first kappa shape index (κ1) is 14.2. The molecule has 0 aliphatic carbocycles. The number of pyridine rings is 1. The molecular formula is C14H11N3O4. The lowest BCUT2D eigenvalue weighted by Crippen LogP contribution is -2.17. The molecule has 2 rings (SSSR count). The molecule has 0 aliphatic rings. The van der Waals surface area contributed by atoms with Crippen molar-refractivity contribution in [1.82, 2.24) is 10.4 Å². The van der Waals surface area contributed by atoms with Gasteiger partial charge in [-0.05, 0) is 24.3 Å². The van der Waals surface area contributed by atoms with Crippen LogP contribution in [0.15, 0.2) is 47.8 Å². The minimum absolute atomic E-state index is 0.185. The van der Waals surface area contributed by atoms with Gasteiger partial charge in [0.05, 0.1) is 6.21 Å². The van der Waals surface area contributed by atoms with Gasteiger partial charge in [-0.25, -0.2) is 10.2 Å². The summed E-state index contributed by atoms with van der Waals surface area (Å²) < 4.78 is 0. The fourth-order valence-corrected chi connectivity index (χ4v) is 1.57. The molecule has 0 saturated heterocycles. The SMILES string of the molecule is O=C(NN=Cc1cccc(C(=O)O)c1O)c1ccncc1. The number of benzene rings is 1. The third-order valence-corrected chi connectivity index (χ3v) is 2.61. The van der Waals surface area contributed by atoms with E-state index in [1.54, 1.807) is 0 Å².